The van der Waals surface area contributed by atoms with Gasteiger partial charge in [0.05, 0.1) is 31.5 Å². The van der Waals surface area contributed by atoms with E-state index in [1.807, 2.05) is 12.1 Å². The predicted octanol–water partition coefficient (Wildman–Crippen LogP) is 3.14. The van der Waals surface area contributed by atoms with Crippen molar-refractivity contribution >= 4 is 5.91 Å². The molecule has 0 N–H and O–H groups in total. The van der Waals surface area contributed by atoms with Crippen molar-refractivity contribution in [2.45, 2.75) is 43.4 Å². The van der Waals surface area contributed by atoms with Crippen LogP contribution >= 0.6 is 0 Å². The second-order valence-electron chi connectivity index (χ2n) is 8.00. The zero-order valence-corrected chi connectivity index (χ0v) is 16.9. The highest BCUT2D eigenvalue weighted by Crippen LogP contribution is 2.50. The summed E-state index contributed by atoms with van der Waals surface area (Å²) >= 11 is 0. The molecule has 0 spiro atoms. The first kappa shape index (κ1) is 18.8. The molecule has 7 nitrogen and oxygen atoms in total. The van der Waals surface area contributed by atoms with Gasteiger partial charge in [0.15, 0.2) is 17.3 Å². The van der Waals surface area contributed by atoms with E-state index >= 15 is 0 Å². The molecule has 2 aliphatic rings. The number of ether oxygens (including phenoxy) is 2. The second-order valence-corrected chi connectivity index (χ2v) is 8.00. The summed E-state index contributed by atoms with van der Waals surface area (Å²) in [6.45, 7) is 0. The molecule has 0 saturated heterocycles. The molecule has 28 heavy (non-hydrogen) atoms. The number of amides is 1. The summed E-state index contributed by atoms with van der Waals surface area (Å²) in [6.07, 6.45) is 4.94. The van der Waals surface area contributed by atoms with E-state index in [1.165, 1.54) is 0 Å². The Bertz CT molecular complexity index is 870. The van der Waals surface area contributed by atoms with Gasteiger partial charge < -0.3 is 18.9 Å². The standard InChI is InChI=1S/C21H27N3O4/c1-24(2)19(25)15-12-14(15)18-22-20(23-28-18)21(9-5-6-10-21)13-7-8-16(26-3)17(11-13)27-4/h7-8,11,14-15H,5-6,9-10,12H2,1-4H3/t14-,15+/m0/s1. The van der Waals surface area contributed by atoms with Crippen LogP contribution in [0.25, 0.3) is 0 Å². The van der Waals surface area contributed by atoms with Gasteiger partial charge in [-0.15, -0.1) is 0 Å². The van der Waals surface area contributed by atoms with E-state index in [0.29, 0.717) is 17.4 Å². The van der Waals surface area contributed by atoms with Crippen LogP contribution in [0.2, 0.25) is 0 Å². The van der Waals surface area contributed by atoms with E-state index in [4.69, 9.17) is 19.0 Å². The van der Waals surface area contributed by atoms with Crippen LogP contribution in [0.1, 0.15) is 55.3 Å². The van der Waals surface area contributed by atoms with Gasteiger partial charge in [-0.2, -0.15) is 4.98 Å². The van der Waals surface area contributed by atoms with E-state index < -0.39 is 0 Å². The Balaban J connectivity index is 1.65. The van der Waals surface area contributed by atoms with Crippen molar-refractivity contribution < 1.29 is 18.8 Å². The van der Waals surface area contributed by atoms with E-state index in [0.717, 1.165) is 43.5 Å². The number of hydrogen-bond acceptors (Lipinski definition) is 6. The van der Waals surface area contributed by atoms with Crippen LogP contribution in [-0.4, -0.2) is 49.3 Å². The van der Waals surface area contributed by atoms with Crippen LogP contribution in [0, 0.1) is 5.92 Å². The molecule has 2 atom stereocenters. The summed E-state index contributed by atoms with van der Waals surface area (Å²) in [4.78, 5) is 18.6. The van der Waals surface area contributed by atoms with Gasteiger partial charge >= 0.3 is 0 Å². The number of benzene rings is 1. The van der Waals surface area contributed by atoms with Crippen molar-refractivity contribution in [1.29, 1.82) is 0 Å². The van der Waals surface area contributed by atoms with E-state index in [-0.39, 0.29) is 23.2 Å². The Morgan fingerprint density at radius 1 is 1.18 bits per heavy atom. The zero-order chi connectivity index (χ0) is 19.9. The number of hydrogen-bond donors (Lipinski definition) is 0. The zero-order valence-electron chi connectivity index (χ0n) is 16.9. The Labute approximate surface area is 165 Å². The molecule has 7 heteroatoms. The average Bonchev–Trinajstić information content (AvgIpc) is 3.11. The van der Waals surface area contributed by atoms with Crippen LogP contribution in [0.5, 0.6) is 11.5 Å². The molecule has 2 aromatic rings. The smallest absolute Gasteiger partial charge is 0.230 e. The monoisotopic (exact) mass is 385 g/mol. The van der Waals surface area contributed by atoms with Crippen LogP contribution < -0.4 is 9.47 Å². The van der Waals surface area contributed by atoms with Crippen LogP contribution in [0.15, 0.2) is 22.7 Å². The molecule has 0 aliphatic heterocycles. The quantitative estimate of drug-likeness (QED) is 0.760. The van der Waals surface area contributed by atoms with E-state index in [1.54, 1.807) is 33.2 Å². The summed E-state index contributed by atoms with van der Waals surface area (Å²) in [5.74, 6) is 2.84. The Morgan fingerprint density at radius 3 is 2.54 bits per heavy atom. The number of methoxy groups -OCH3 is 2. The summed E-state index contributed by atoms with van der Waals surface area (Å²) in [5.41, 5.74) is 0.837. The molecule has 1 heterocycles. The Hall–Kier alpha value is -2.57. The van der Waals surface area contributed by atoms with Gasteiger partial charge in [0.2, 0.25) is 11.8 Å². The summed E-state index contributed by atoms with van der Waals surface area (Å²) < 4.78 is 16.5. The number of rotatable bonds is 6. The van der Waals surface area contributed by atoms with Crippen molar-refractivity contribution in [3.05, 3.63) is 35.5 Å². The third-order valence-corrected chi connectivity index (χ3v) is 6.13. The molecule has 2 saturated carbocycles. The lowest BCUT2D eigenvalue weighted by Crippen LogP contribution is -2.25. The number of nitrogens with zero attached hydrogens (tertiary/aromatic N) is 3. The minimum atomic E-state index is -0.281. The maximum atomic E-state index is 12.2. The van der Waals surface area contributed by atoms with Crippen LogP contribution in [-0.2, 0) is 10.2 Å². The van der Waals surface area contributed by atoms with Crippen molar-refractivity contribution in [3.63, 3.8) is 0 Å². The fourth-order valence-corrected chi connectivity index (χ4v) is 4.41. The van der Waals surface area contributed by atoms with Crippen molar-refractivity contribution in [2.75, 3.05) is 28.3 Å². The van der Waals surface area contributed by atoms with E-state index in [2.05, 4.69) is 11.2 Å². The number of aromatic nitrogens is 2. The van der Waals surface area contributed by atoms with Gasteiger partial charge in [-0.3, -0.25) is 4.79 Å². The number of carbonyl (C=O) groups is 1. The molecule has 1 amide bonds. The molecule has 4 rings (SSSR count). The second kappa shape index (κ2) is 7.11. The van der Waals surface area contributed by atoms with Gasteiger partial charge in [0, 0.05) is 14.1 Å². The highest BCUT2D eigenvalue weighted by molar-refractivity contribution is 5.82. The lowest BCUT2D eigenvalue weighted by atomic mass is 9.78. The van der Waals surface area contributed by atoms with Gasteiger partial charge in [-0.25, -0.2) is 0 Å². The van der Waals surface area contributed by atoms with Gasteiger partial charge in [0.25, 0.3) is 0 Å². The molecule has 2 aliphatic carbocycles. The Kier molecular flexibility index (Phi) is 4.77. The van der Waals surface area contributed by atoms with Crippen molar-refractivity contribution in [2.24, 2.45) is 5.92 Å². The minimum Gasteiger partial charge on any atom is -0.493 e. The average molecular weight is 385 g/mol. The molecule has 150 valence electrons. The van der Waals surface area contributed by atoms with Crippen molar-refractivity contribution in [3.8, 4) is 11.5 Å². The largest absolute Gasteiger partial charge is 0.493 e. The van der Waals surface area contributed by atoms with E-state index in [9.17, 15) is 4.79 Å². The summed E-state index contributed by atoms with van der Waals surface area (Å²) in [5, 5.41) is 4.36. The molecule has 0 unspecified atom stereocenters. The highest BCUT2D eigenvalue weighted by atomic mass is 16.5. The number of carbonyl (C=O) groups excluding carboxylic acids is 1. The van der Waals surface area contributed by atoms with Crippen LogP contribution in [0.3, 0.4) is 0 Å². The third-order valence-electron chi connectivity index (χ3n) is 6.13. The fraction of sp³-hybridized carbons (Fsp3) is 0.571. The maximum Gasteiger partial charge on any atom is 0.230 e. The highest BCUT2D eigenvalue weighted by Gasteiger charge is 2.50. The molecular formula is C21H27N3O4. The molecule has 1 aromatic heterocycles. The Morgan fingerprint density at radius 2 is 1.89 bits per heavy atom. The predicted molar refractivity (Wildman–Crippen MR) is 103 cm³/mol. The van der Waals surface area contributed by atoms with Gasteiger partial charge in [-0.1, -0.05) is 24.1 Å². The normalized spacial score (nSPS) is 22.7. The first-order valence-electron chi connectivity index (χ1n) is 9.78. The third kappa shape index (κ3) is 3.02. The summed E-state index contributed by atoms with van der Waals surface area (Å²) in [6, 6.07) is 6.02. The minimum absolute atomic E-state index is 0.0380. The van der Waals surface area contributed by atoms with Crippen molar-refractivity contribution in [1.82, 2.24) is 15.0 Å². The molecule has 1 aromatic carbocycles. The summed E-state index contributed by atoms with van der Waals surface area (Å²) in [7, 11) is 6.84. The molecule has 0 bridgehead atoms. The lowest BCUT2D eigenvalue weighted by molar-refractivity contribution is -0.130. The topological polar surface area (TPSA) is 77.7 Å². The first-order chi connectivity index (χ1) is 13.5. The lowest BCUT2D eigenvalue weighted by Gasteiger charge is -2.26. The fourth-order valence-electron chi connectivity index (χ4n) is 4.41. The van der Waals surface area contributed by atoms with Crippen LogP contribution in [0.4, 0.5) is 0 Å². The van der Waals surface area contributed by atoms with Gasteiger partial charge in [-0.05, 0) is 37.0 Å². The maximum absolute atomic E-state index is 12.2. The molecule has 2 fully saturated rings. The van der Waals surface area contributed by atoms with Gasteiger partial charge in [0.1, 0.15) is 0 Å². The molecule has 0 radical (unpaired) electrons. The molecular weight excluding hydrogens is 358 g/mol. The SMILES string of the molecule is COc1ccc(C2(c3noc([C@H]4C[C@H]4C(=O)N(C)C)n3)CCCC2)cc1OC. The first-order valence-corrected chi connectivity index (χ1v) is 9.78.